The smallest absolute Gasteiger partial charge is 0.0820 e. The van der Waals surface area contributed by atoms with Crippen molar-refractivity contribution in [3.63, 3.8) is 0 Å². The van der Waals surface area contributed by atoms with Crippen LogP contribution in [0, 0.1) is 0 Å². The number of nitrogens with zero attached hydrogens (tertiary/aromatic N) is 1. The predicted octanol–water partition coefficient (Wildman–Crippen LogP) is 4.65. The Hall–Kier alpha value is -0.470. The minimum atomic E-state index is -0.0493. The highest BCUT2D eigenvalue weighted by Gasteiger charge is 2.27. The number of benzene rings is 1. The number of halogens is 1. The number of thioether (sulfide) groups is 1. The molecule has 3 heteroatoms. The molecule has 0 fully saturated rings. The van der Waals surface area contributed by atoms with Crippen LogP contribution in [-0.2, 0) is 5.54 Å². The normalized spacial score (nSPS) is 17.1. The first kappa shape index (κ1) is 13.6. The first-order chi connectivity index (χ1) is 7.13. The molecule has 0 spiro atoms. The Morgan fingerprint density at radius 2 is 1.94 bits per heavy atom. The molecule has 1 aromatic rings. The molecule has 1 heterocycles. The highest BCUT2D eigenvalue weighted by atomic mass is 35.5. The van der Waals surface area contributed by atoms with Crippen molar-refractivity contribution in [3.05, 3.63) is 29.8 Å². The zero-order valence-corrected chi connectivity index (χ0v) is 11.6. The molecular formula is C13H18ClNS. The van der Waals surface area contributed by atoms with E-state index in [9.17, 15) is 0 Å². The fourth-order valence-corrected chi connectivity index (χ4v) is 3.31. The van der Waals surface area contributed by atoms with Gasteiger partial charge >= 0.3 is 0 Å². The largest absolute Gasteiger partial charge is 0.272 e. The van der Waals surface area contributed by atoms with Gasteiger partial charge in [0, 0.05) is 4.90 Å². The number of hydrogen-bond donors (Lipinski definition) is 0. The second kappa shape index (κ2) is 5.24. The molecule has 0 N–H and O–H groups in total. The topological polar surface area (TPSA) is 12.4 Å². The number of rotatable bonds is 2. The van der Waals surface area contributed by atoms with E-state index in [-0.39, 0.29) is 17.9 Å². The molecule has 1 aliphatic heterocycles. The number of hydrogen-bond acceptors (Lipinski definition) is 2. The van der Waals surface area contributed by atoms with E-state index in [4.69, 9.17) is 4.99 Å². The van der Waals surface area contributed by atoms with Crippen LogP contribution in [0.5, 0.6) is 0 Å². The minimum absolute atomic E-state index is 0. The summed E-state index contributed by atoms with van der Waals surface area (Å²) in [4.78, 5) is 6.20. The lowest BCUT2D eigenvalue weighted by atomic mass is 9.95. The van der Waals surface area contributed by atoms with Crippen LogP contribution in [-0.4, -0.2) is 5.04 Å². The molecule has 0 amide bonds. The van der Waals surface area contributed by atoms with E-state index >= 15 is 0 Å². The summed E-state index contributed by atoms with van der Waals surface area (Å²) in [5.41, 5.74) is 1.31. The molecule has 0 radical (unpaired) electrons. The van der Waals surface area contributed by atoms with E-state index in [1.165, 1.54) is 21.9 Å². The Morgan fingerprint density at radius 1 is 1.25 bits per heavy atom. The van der Waals surface area contributed by atoms with Crippen molar-refractivity contribution >= 4 is 29.2 Å². The summed E-state index contributed by atoms with van der Waals surface area (Å²) in [5, 5.41) is 1.28. The monoisotopic (exact) mass is 255 g/mol. The van der Waals surface area contributed by atoms with Crippen molar-refractivity contribution in [1.82, 2.24) is 0 Å². The van der Waals surface area contributed by atoms with Crippen LogP contribution >= 0.6 is 24.2 Å². The van der Waals surface area contributed by atoms with Gasteiger partial charge in [-0.3, -0.25) is 4.99 Å². The molecule has 1 aliphatic rings. The van der Waals surface area contributed by atoms with Crippen LogP contribution in [0.3, 0.4) is 0 Å². The molecular weight excluding hydrogens is 238 g/mol. The van der Waals surface area contributed by atoms with Gasteiger partial charge in [0.05, 0.1) is 10.6 Å². The van der Waals surface area contributed by atoms with Crippen LogP contribution in [0.1, 0.15) is 39.2 Å². The van der Waals surface area contributed by atoms with Gasteiger partial charge in [0.2, 0.25) is 0 Å². The number of aliphatic imine (C=N–C) groups is 1. The SMILES string of the molecule is CCCC1=NC(C)(C)c2ccccc2S1.Cl. The van der Waals surface area contributed by atoms with Crippen LogP contribution in [0.15, 0.2) is 34.2 Å². The van der Waals surface area contributed by atoms with Gasteiger partial charge in [-0.1, -0.05) is 43.3 Å². The van der Waals surface area contributed by atoms with E-state index in [1.807, 2.05) is 11.8 Å². The summed E-state index contributed by atoms with van der Waals surface area (Å²) in [7, 11) is 0. The molecule has 0 aliphatic carbocycles. The van der Waals surface area contributed by atoms with Gasteiger partial charge in [-0.25, -0.2) is 0 Å². The molecule has 0 aromatic heterocycles. The lowest BCUT2D eigenvalue weighted by Crippen LogP contribution is -2.21. The zero-order valence-electron chi connectivity index (χ0n) is 9.99. The van der Waals surface area contributed by atoms with Gasteiger partial charge in [0.25, 0.3) is 0 Å². The second-order valence-electron chi connectivity index (χ2n) is 4.41. The summed E-state index contributed by atoms with van der Waals surface area (Å²) in [6.45, 7) is 6.60. The van der Waals surface area contributed by atoms with E-state index in [1.54, 1.807) is 0 Å². The summed E-state index contributed by atoms with van der Waals surface area (Å²) < 4.78 is 0. The Kier molecular flexibility index (Phi) is 4.45. The maximum Gasteiger partial charge on any atom is 0.0820 e. The Morgan fingerprint density at radius 3 is 2.62 bits per heavy atom. The molecule has 0 bridgehead atoms. The van der Waals surface area contributed by atoms with Gasteiger partial charge < -0.3 is 0 Å². The van der Waals surface area contributed by atoms with Crippen LogP contribution in [0.25, 0.3) is 0 Å². The van der Waals surface area contributed by atoms with Crippen molar-refractivity contribution in [2.75, 3.05) is 0 Å². The molecule has 0 atom stereocenters. The van der Waals surface area contributed by atoms with E-state index in [2.05, 4.69) is 45.0 Å². The van der Waals surface area contributed by atoms with Gasteiger partial charge in [0.15, 0.2) is 0 Å². The highest BCUT2D eigenvalue weighted by molar-refractivity contribution is 8.14. The fourth-order valence-electron chi connectivity index (χ4n) is 1.90. The van der Waals surface area contributed by atoms with Gasteiger partial charge in [0.1, 0.15) is 0 Å². The average Bonchev–Trinajstić information content (AvgIpc) is 2.17. The lowest BCUT2D eigenvalue weighted by molar-refractivity contribution is 0.544. The van der Waals surface area contributed by atoms with Gasteiger partial charge in [-0.15, -0.1) is 12.4 Å². The van der Waals surface area contributed by atoms with Crippen LogP contribution in [0.4, 0.5) is 0 Å². The van der Waals surface area contributed by atoms with E-state index < -0.39 is 0 Å². The summed E-state index contributed by atoms with van der Waals surface area (Å²) in [6.07, 6.45) is 2.27. The molecule has 1 aromatic carbocycles. The van der Waals surface area contributed by atoms with Crippen LogP contribution < -0.4 is 0 Å². The Labute approximate surface area is 108 Å². The predicted molar refractivity (Wildman–Crippen MR) is 74.9 cm³/mol. The van der Waals surface area contributed by atoms with Crippen molar-refractivity contribution in [2.45, 2.75) is 44.0 Å². The Bertz CT molecular complexity index is 399. The molecule has 0 unspecified atom stereocenters. The maximum absolute atomic E-state index is 4.82. The quantitative estimate of drug-likeness (QED) is 0.750. The van der Waals surface area contributed by atoms with Crippen molar-refractivity contribution in [3.8, 4) is 0 Å². The third kappa shape index (κ3) is 2.61. The van der Waals surface area contributed by atoms with Crippen molar-refractivity contribution in [2.24, 2.45) is 4.99 Å². The average molecular weight is 256 g/mol. The summed E-state index contributed by atoms with van der Waals surface area (Å²) >= 11 is 1.83. The summed E-state index contributed by atoms with van der Waals surface area (Å²) in [5.74, 6) is 0. The molecule has 88 valence electrons. The maximum atomic E-state index is 4.82. The standard InChI is InChI=1S/C13H17NS.ClH/c1-4-7-12-14-13(2,3)10-8-5-6-9-11(10)15-12;/h5-6,8-9H,4,7H2,1-3H3;1H. The first-order valence-electron chi connectivity index (χ1n) is 5.49. The van der Waals surface area contributed by atoms with Gasteiger partial charge in [-0.05, 0) is 31.9 Å². The molecule has 0 saturated heterocycles. The molecule has 1 nitrogen and oxygen atoms in total. The molecule has 2 rings (SSSR count). The lowest BCUT2D eigenvalue weighted by Gasteiger charge is -2.29. The van der Waals surface area contributed by atoms with Gasteiger partial charge in [-0.2, -0.15) is 0 Å². The van der Waals surface area contributed by atoms with Crippen molar-refractivity contribution < 1.29 is 0 Å². The molecule has 16 heavy (non-hydrogen) atoms. The van der Waals surface area contributed by atoms with Crippen LogP contribution in [0.2, 0.25) is 0 Å². The van der Waals surface area contributed by atoms with E-state index in [0.717, 1.165) is 6.42 Å². The minimum Gasteiger partial charge on any atom is -0.272 e. The zero-order chi connectivity index (χ0) is 10.9. The third-order valence-electron chi connectivity index (χ3n) is 2.64. The fraction of sp³-hybridized carbons (Fsp3) is 0.462. The highest BCUT2D eigenvalue weighted by Crippen LogP contribution is 2.40. The van der Waals surface area contributed by atoms with Crippen molar-refractivity contribution in [1.29, 1.82) is 0 Å². The third-order valence-corrected chi connectivity index (χ3v) is 3.75. The molecule has 0 saturated carbocycles. The second-order valence-corrected chi connectivity index (χ2v) is 5.53. The summed E-state index contributed by atoms with van der Waals surface area (Å²) in [6, 6.07) is 8.60. The van der Waals surface area contributed by atoms with E-state index in [0.29, 0.717) is 0 Å². The first-order valence-corrected chi connectivity index (χ1v) is 6.31. The Balaban J connectivity index is 0.00000128. The number of fused-ring (bicyclic) bond motifs is 1.